The second-order valence-electron chi connectivity index (χ2n) is 4.98. The van der Waals surface area contributed by atoms with Crippen molar-refractivity contribution in [2.45, 2.75) is 19.1 Å². The number of Topliss-reactive ketones (excluding diaryl/α,β-unsaturated/α-hetero) is 1. The van der Waals surface area contributed by atoms with Gasteiger partial charge in [0.2, 0.25) is 0 Å². The third-order valence-corrected chi connectivity index (χ3v) is 3.53. The minimum absolute atomic E-state index is 0.0471. The molecule has 1 aliphatic heterocycles. The van der Waals surface area contributed by atoms with Crippen molar-refractivity contribution < 1.29 is 14.3 Å². The second kappa shape index (κ2) is 5.10. The first kappa shape index (κ1) is 12.9. The van der Waals surface area contributed by atoms with Crippen molar-refractivity contribution in [2.24, 2.45) is 0 Å². The Labute approximate surface area is 118 Å². The smallest absolute Gasteiger partial charge is 0.194 e. The van der Waals surface area contributed by atoms with Gasteiger partial charge in [0.05, 0.1) is 7.11 Å². The van der Waals surface area contributed by atoms with Gasteiger partial charge in [0, 0.05) is 5.56 Å². The molecule has 0 spiro atoms. The summed E-state index contributed by atoms with van der Waals surface area (Å²) in [6, 6.07) is 15.2. The number of hydrogen-bond donors (Lipinski definition) is 0. The molecule has 20 heavy (non-hydrogen) atoms. The lowest BCUT2D eigenvalue weighted by Gasteiger charge is -2.01. The summed E-state index contributed by atoms with van der Waals surface area (Å²) in [4.78, 5) is 12.3. The fraction of sp³-hybridized carbons (Fsp3) is 0.235. The zero-order valence-corrected chi connectivity index (χ0v) is 11.5. The first-order chi connectivity index (χ1) is 9.69. The molecule has 0 saturated carbocycles. The molecule has 102 valence electrons. The number of rotatable bonds is 4. The van der Waals surface area contributed by atoms with Gasteiger partial charge < -0.3 is 9.47 Å². The van der Waals surface area contributed by atoms with E-state index in [0.717, 1.165) is 16.9 Å². The van der Waals surface area contributed by atoms with E-state index in [2.05, 4.69) is 0 Å². The molecule has 2 aromatic rings. The Bertz CT molecular complexity index is 614. The van der Waals surface area contributed by atoms with E-state index in [-0.39, 0.29) is 18.0 Å². The molecule has 0 aromatic heterocycles. The van der Waals surface area contributed by atoms with E-state index in [1.807, 2.05) is 55.5 Å². The van der Waals surface area contributed by atoms with Gasteiger partial charge >= 0.3 is 0 Å². The molecule has 2 aromatic carbocycles. The van der Waals surface area contributed by atoms with Gasteiger partial charge in [-0.05, 0) is 24.6 Å². The largest absolute Gasteiger partial charge is 0.497 e. The topological polar surface area (TPSA) is 38.8 Å². The van der Waals surface area contributed by atoms with Crippen molar-refractivity contribution in [2.75, 3.05) is 7.11 Å². The molecule has 0 unspecified atom stereocenters. The van der Waals surface area contributed by atoms with Gasteiger partial charge in [-0.3, -0.25) is 4.79 Å². The molecule has 2 atom stereocenters. The van der Waals surface area contributed by atoms with Crippen LogP contribution in [0.25, 0.3) is 0 Å². The van der Waals surface area contributed by atoms with Crippen molar-refractivity contribution >= 4 is 5.78 Å². The average molecular weight is 268 g/mol. The van der Waals surface area contributed by atoms with Crippen LogP contribution in [-0.4, -0.2) is 19.0 Å². The Morgan fingerprint density at radius 2 is 1.70 bits per heavy atom. The summed E-state index contributed by atoms with van der Waals surface area (Å²) in [5, 5.41) is 0. The van der Waals surface area contributed by atoms with Gasteiger partial charge in [0.15, 0.2) is 11.9 Å². The summed E-state index contributed by atoms with van der Waals surface area (Å²) in [7, 11) is 1.63. The van der Waals surface area contributed by atoms with Gasteiger partial charge in [-0.15, -0.1) is 0 Å². The van der Waals surface area contributed by atoms with E-state index in [4.69, 9.17) is 9.47 Å². The second-order valence-corrected chi connectivity index (χ2v) is 4.98. The van der Waals surface area contributed by atoms with Crippen LogP contribution in [0.5, 0.6) is 5.75 Å². The number of ether oxygens (including phenoxy) is 2. The van der Waals surface area contributed by atoms with Crippen molar-refractivity contribution in [3.63, 3.8) is 0 Å². The van der Waals surface area contributed by atoms with Gasteiger partial charge in [-0.1, -0.05) is 42.0 Å². The van der Waals surface area contributed by atoms with Crippen LogP contribution in [0, 0.1) is 6.92 Å². The van der Waals surface area contributed by atoms with Crippen molar-refractivity contribution in [3.05, 3.63) is 65.2 Å². The predicted molar refractivity (Wildman–Crippen MR) is 76.1 cm³/mol. The maximum absolute atomic E-state index is 12.3. The summed E-state index contributed by atoms with van der Waals surface area (Å²) in [6.07, 6.45) is -0.485. The molecule has 3 rings (SSSR count). The fourth-order valence-electron chi connectivity index (χ4n) is 2.24. The van der Waals surface area contributed by atoms with Crippen LogP contribution in [0.1, 0.15) is 27.6 Å². The molecule has 0 aliphatic carbocycles. The zero-order valence-electron chi connectivity index (χ0n) is 11.5. The predicted octanol–water partition coefficient (Wildman–Crippen LogP) is 3.33. The summed E-state index contributed by atoms with van der Waals surface area (Å²) in [6.45, 7) is 2.00. The molecule has 1 aliphatic rings. The first-order valence-corrected chi connectivity index (χ1v) is 6.59. The molecule has 0 N–H and O–H groups in total. The van der Waals surface area contributed by atoms with Gasteiger partial charge in [-0.2, -0.15) is 0 Å². The van der Waals surface area contributed by atoms with Gasteiger partial charge in [0.25, 0.3) is 0 Å². The number of ketones is 1. The Morgan fingerprint density at radius 3 is 2.30 bits per heavy atom. The highest BCUT2D eigenvalue weighted by Crippen LogP contribution is 2.41. The first-order valence-electron chi connectivity index (χ1n) is 6.59. The van der Waals surface area contributed by atoms with Crippen molar-refractivity contribution in [1.29, 1.82) is 0 Å². The normalized spacial score (nSPS) is 20.5. The van der Waals surface area contributed by atoms with E-state index >= 15 is 0 Å². The molecule has 1 saturated heterocycles. The third-order valence-electron chi connectivity index (χ3n) is 3.53. The lowest BCUT2D eigenvalue weighted by Crippen LogP contribution is -2.08. The monoisotopic (exact) mass is 268 g/mol. The van der Waals surface area contributed by atoms with Crippen LogP contribution in [0.2, 0.25) is 0 Å². The lowest BCUT2D eigenvalue weighted by molar-refractivity contribution is 0.0953. The van der Waals surface area contributed by atoms with Gasteiger partial charge in [-0.25, -0.2) is 0 Å². The fourth-order valence-corrected chi connectivity index (χ4v) is 2.24. The summed E-state index contributed by atoms with van der Waals surface area (Å²) in [5.41, 5.74) is 2.86. The number of carbonyl (C=O) groups is 1. The minimum Gasteiger partial charge on any atom is -0.497 e. The number of epoxide rings is 1. The molecular weight excluding hydrogens is 252 g/mol. The molecule has 0 radical (unpaired) electrons. The minimum atomic E-state index is -0.355. The van der Waals surface area contributed by atoms with E-state index in [1.54, 1.807) is 7.11 Å². The molecular formula is C17H16O3. The highest BCUT2D eigenvalue weighted by Gasteiger charge is 2.46. The third kappa shape index (κ3) is 2.45. The standard InChI is InChI=1S/C17H16O3/c1-11-3-5-12(6-4-11)15(18)17-16(20-17)13-7-9-14(19-2)10-8-13/h3-10,16-17H,1-2H3/t16-,17+/m1/s1. The van der Waals surface area contributed by atoms with Crippen LogP contribution < -0.4 is 4.74 Å². The highest BCUT2D eigenvalue weighted by molar-refractivity contribution is 6.01. The maximum atomic E-state index is 12.3. The van der Waals surface area contributed by atoms with E-state index in [0.29, 0.717) is 5.56 Å². The number of methoxy groups -OCH3 is 1. The van der Waals surface area contributed by atoms with Crippen LogP contribution in [0.4, 0.5) is 0 Å². The van der Waals surface area contributed by atoms with Crippen LogP contribution in [0.15, 0.2) is 48.5 Å². The van der Waals surface area contributed by atoms with Crippen LogP contribution >= 0.6 is 0 Å². The van der Waals surface area contributed by atoms with Crippen LogP contribution in [-0.2, 0) is 4.74 Å². The Kier molecular flexibility index (Phi) is 3.28. The zero-order chi connectivity index (χ0) is 14.1. The Hall–Kier alpha value is -2.13. The maximum Gasteiger partial charge on any atom is 0.194 e. The Morgan fingerprint density at radius 1 is 1.05 bits per heavy atom. The molecule has 3 nitrogen and oxygen atoms in total. The number of aryl methyl sites for hydroxylation is 1. The number of carbonyl (C=O) groups excluding carboxylic acids is 1. The lowest BCUT2D eigenvalue weighted by atomic mass is 10.0. The van der Waals surface area contributed by atoms with Crippen molar-refractivity contribution in [3.8, 4) is 5.75 Å². The van der Waals surface area contributed by atoms with E-state index < -0.39 is 0 Å². The molecule has 0 amide bonds. The molecule has 1 fully saturated rings. The summed E-state index contributed by atoms with van der Waals surface area (Å²) < 4.78 is 10.6. The summed E-state index contributed by atoms with van der Waals surface area (Å²) >= 11 is 0. The highest BCUT2D eigenvalue weighted by atomic mass is 16.6. The summed E-state index contributed by atoms with van der Waals surface area (Å²) in [5.74, 6) is 0.849. The van der Waals surface area contributed by atoms with E-state index in [9.17, 15) is 4.79 Å². The Balaban J connectivity index is 1.71. The van der Waals surface area contributed by atoms with Gasteiger partial charge in [0.1, 0.15) is 11.9 Å². The molecule has 3 heteroatoms. The van der Waals surface area contributed by atoms with E-state index in [1.165, 1.54) is 0 Å². The average Bonchev–Trinajstić information content (AvgIpc) is 3.28. The molecule has 0 bridgehead atoms. The SMILES string of the molecule is COc1ccc([C@H]2O[C@H]2C(=O)c2ccc(C)cc2)cc1. The van der Waals surface area contributed by atoms with Crippen molar-refractivity contribution in [1.82, 2.24) is 0 Å². The molecule has 1 heterocycles. The number of hydrogen-bond acceptors (Lipinski definition) is 3. The number of benzene rings is 2. The quantitative estimate of drug-likeness (QED) is 0.630. The van der Waals surface area contributed by atoms with Crippen LogP contribution in [0.3, 0.4) is 0 Å².